The molecule has 0 bridgehead atoms. The van der Waals surface area contributed by atoms with Gasteiger partial charge in [-0.2, -0.15) is 4.31 Å². The van der Waals surface area contributed by atoms with Crippen molar-refractivity contribution in [2.24, 2.45) is 5.92 Å². The van der Waals surface area contributed by atoms with Crippen LogP contribution in [0.25, 0.3) is 11.3 Å². The van der Waals surface area contributed by atoms with Gasteiger partial charge >= 0.3 is 0 Å². The molecule has 2 aromatic carbocycles. The van der Waals surface area contributed by atoms with Crippen LogP contribution in [0.5, 0.6) is 0 Å². The summed E-state index contributed by atoms with van der Waals surface area (Å²) in [6.45, 7) is 4.10. The SMILES string of the molecule is Cc1ncoc1-c1ccc(NC(=O)C2CCN(C3CCN(S(=O)(=O)c4ccc([N+](=O)[O-])cc4Cl)CC3)CC2)cc1. The molecular weight excluding hydrogens is 558 g/mol. The largest absolute Gasteiger partial charge is 0.443 e. The van der Waals surface area contributed by atoms with Gasteiger partial charge in [-0.15, -0.1) is 0 Å². The number of rotatable bonds is 7. The zero-order valence-corrected chi connectivity index (χ0v) is 23.5. The first-order valence-electron chi connectivity index (χ1n) is 13.1. The third-order valence-electron chi connectivity index (χ3n) is 7.74. The number of non-ortho nitro benzene ring substituents is 1. The number of anilines is 1. The topological polar surface area (TPSA) is 139 Å². The number of hydrogen-bond donors (Lipinski definition) is 1. The molecule has 2 saturated heterocycles. The summed E-state index contributed by atoms with van der Waals surface area (Å²) in [5.74, 6) is 0.630. The van der Waals surface area contributed by atoms with Crippen LogP contribution in [-0.4, -0.2) is 65.7 Å². The summed E-state index contributed by atoms with van der Waals surface area (Å²) in [4.78, 5) is 29.6. The molecule has 0 unspecified atom stereocenters. The molecule has 1 N–H and O–H groups in total. The molecule has 0 radical (unpaired) electrons. The van der Waals surface area contributed by atoms with Crippen LogP contribution in [0.15, 0.2) is 58.2 Å². The Hall–Kier alpha value is -3.32. The molecule has 0 spiro atoms. The van der Waals surface area contributed by atoms with Crippen molar-refractivity contribution in [3.8, 4) is 11.3 Å². The van der Waals surface area contributed by atoms with Crippen LogP contribution in [0.3, 0.4) is 0 Å². The number of halogens is 1. The van der Waals surface area contributed by atoms with Gasteiger partial charge < -0.3 is 14.6 Å². The lowest BCUT2D eigenvalue weighted by Crippen LogP contribution is -2.49. The quantitative estimate of drug-likeness (QED) is 0.309. The van der Waals surface area contributed by atoms with E-state index in [1.165, 1.54) is 16.8 Å². The molecule has 3 heterocycles. The maximum absolute atomic E-state index is 13.1. The van der Waals surface area contributed by atoms with Crippen molar-refractivity contribution in [2.75, 3.05) is 31.5 Å². The Morgan fingerprint density at radius 1 is 1.07 bits per heavy atom. The summed E-state index contributed by atoms with van der Waals surface area (Å²) in [6, 6.07) is 11.2. The zero-order valence-electron chi connectivity index (χ0n) is 22.0. The predicted octanol–water partition coefficient (Wildman–Crippen LogP) is 4.72. The van der Waals surface area contributed by atoms with Crippen LogP contribution < -0.4 is 5.32 Å². The first kappa shape index (κ1) is 28.2. The van der Waals surface area contributed by atoms with Gasteiger partial charge in [0.2, 0.25) is 15.9 Å². The van der Waals surface area contributed by atoms with Gasteiger partial charge in [-0.25, -0.2) is 13.4 Å². The van der Waals surface area contributed by atoms with Gasteiger partial charge in [-0.1, -0.05) is 11.6 Å². The Bertz CT molecular complexity index is 1490. The molecule has 40 heavy (non-hydrogen) atoms. The number of nitro groups is 1. The standard InChI is InChI=1S/C27H30ClN5O6S/c1-18-26(39-17-29-18)19-2-4-21(5-3-19)30-27(34)20-8-12-31(13-9-20)22-10-14-32(15-11-22)40(37,38)25-7-6-23(33(35)36)16-24(25)28/h2-7,16-17,20,22H,8-15H2,1H3,(H,30,34). The average molecular weight is 588 g/mol. The molecule has 0 aliphatic carbocycles. The van der Waals surface area contributed by atoms with Crippen LogP contribution in [0.1, 0.15) is 31.4 Å². The minimum absolute atomic E-state index is 0.00383. The molecule has 1 aromatic heterocycles. The number of aryl methyl sites for hydroxylation is 1. The Balaban J connectivity index is 1.11. The number of nitrogens with one attached hydrogen (secondary N) is 1. The molecule has 0 atom stereocenters. The number of hydrogen-bond acceptors (Lipinski definition) is 8. The van der Waals surface area contributed by atoms with E-state index in [0.29, 0.717) is 31.7 Å². The molecule has 2 aliphatic heterocycles. The fourth-order valence-electron chi connectivity index (χ4n) is 5.45. The summed E-state index contributed by atoms with van der Waals surface area (Å²) in [7, 11) is -3.86. The highest BCUT2D eigenvalue weighted by atomic mass is 35.5. The van der Waals surface area contributed by atoms with E-state index in [-0.39, 0.29) is 33.5 Å². The van der Waals surface area contributed by atoms with Gasteiger partial charge in [0.1, 0.15) is 4.90 Å². The van der Waals surface area contributed by atoms with E-state index in [0.717, 1.165) is 55.0 Å². The second-order valence-corrected chi connectivity index (χ2v) is 12.5. The second-order valence-electron chi connectivity index (χ2n) is 10.2. The zero-order chi connectivity index (χ0) is 28.4. The smallest absolute Gasteiger partial charge is 0.271 e. The number of carbonyl (C=O) groups excluding carboxylic acids is 1. The van der Waals surface area contributed by atoms with Crippen molar-refractivity contribution < 1.29 is 22.6 Å². The fourth-order valence-corrected chi connectivity index (χ4v) is 7.44. The lowest BCUT2D eigenvalue weighted by molar-refractivity contribution is -0.384. The summed E-state index contributed by atoms with van der Waals surface area (Å²) >= 11 is 6.09. The molecule has 5 rings (SSSR count). The molecule has 0 saturated carbocycles. The first-order chi connectivity index (χ1) is 19.1. The number of sulfonamides is 1. The summed E-state index contributed by atoms with van der Waals surface area (Å²) < 4.78 is 33.1. The van der Waals surface area contributed by atoms with Crippen LogP contribution in [0.4, 0.5) is 11.4 Å². The molecule has 2 aliphatic rings. The van der Waals surface area contributed by atoms with Crippen molar-refractivity contribution >= 4 is 38.9 Å². The Morgan fingerprint density at radius 2 is 1.75 bits per heavy atom. The Kier molecular flexibility index (Phi) is 8.22. The van der Waals surface area contributed by atoms with Crippen molar-refractivity contribution in [3.05, 3.63) is 69.7 Å². The highest BCUT2D eigenvalue weighted by Crippen LogP contribution is 2.32. The van der Waals surface area contributed by atoms with E-state index >= 15 is 0 Å². The average Bonchev–Trinajstić information content (AvgIpc) is 3.39. The third kappa shape index (κ3) is 5.90. The van der Waals surface area contributed by atoms with E-state index in [4.69, 9.17) is 16.0 Å². The summed E-state index contributed by atoms with van der Waals surface area (Å²) in [6.07, 6.45) is 4.21. The third-order valence-corrected chi connectivity index (χ3v) is 10.1. The normalized spacial score (nSPS) is 18.1. The monoisotopic (exact) mass is 587 g/mol. The molecule has 13 heteroatoms. The number of amides is 1. The molecule has 212 valence electrons. The van der Waals surface area contributed by atoms with Crippen molar-refractivity contribution in [1.29, 1.82) is 0 Å². The van der Waals surface area contributed by atoms with Crippen molar-refractivity contribution in [1.82, 2.24) is 14.2 Å². The predicted molar refractivity (Wildman–Crippen MR) is 149 cm³/mol. The summed E-state index contributed by atoms with van der Waals surface area (Å²) in [5.41, 5.74) is 2.19. The molecule has 2 fully saturated rings. The van der Waals surface area contributed by atoms with Gasteiger partial charge in [0.05, 0.1) is 15.6 Å². The van der Waals surface area contributed by atoms with E-state index in [1.54, 1.807) is 0 Å². The molecule has 3 aromatic rings. The number of aromatic nitrogens is 1. The number of benzene rings is 2. The highest BCUT2D eigenvalue weighted by molar-refractivity contribution is 7.89. The van der Waals surface area contributed by atoms with Crippen LogP contribution >= 0.6 is 11.6 Å². The number of piperidine rings is 2. The van der Waals surface area contributed by atoms with Gasteiger partial charge in [0.15, 0.2) is 12.2 Å². The number of oxazole rings is 1. The van der Waals surface area contributed by atoms with E-state index in [1.807, 2.05) is 31.2 Å². The van der Waals surface area contributed by atoms with Gasteiger partial charge in [0.25, 0.3) is 5.69 Å². The van der Waals surface area contributed by atoms with Crippen LogP contribution in [-0.2, 0) is 14.8 Å². The van der Waals surface area contributed by atoms with E-state index in [9.17, 15) is 23.3 Å². The Labute approximate surface area is 237 Å². The number of likely N-dealkylation sites (tertiary alicyclic amines) is 1. The van der Waals surface area contributed by atoms with Crippen molar-refractivity contribution in [2.45, 2.75) is 43.5 Å². The van der Waals surface area contributed by atoms with E-state index < -0.39 is 14.9 Å². The van der Waals surface area contributed by atoms with Gasteiger partial charge in [-0.3, -0.25) is 14.9 Å². The lowest BCUT2D eigenvalue weighted by atomic mass is 9.93. The molecule has 1 amide bonds. The summed E-state index contributed by atoms with van der Waals surface area (Å²) in [5, 5.41) is 13.8. The maximum atomic E-state index is 13.1. The van der Waals surface area contributed by atoms with Crippen molar-refractivity contribution in [3.63, 3.8) is 0 Å². The number of carbonyl (C=O) groups is 1. The highest BCUT2D eigenvalue weighted by Gasteiger charge is 2.35. The Morgan fingerprint density at radius 3 is 2.33 bits per heavy atom. The minimum Gasteiger partial charge on any atom is -0.443 e. The minimum atomic E-state index is -3.86. The van der Waals surface area contributed by atoms with Gasteiger partial charge in [0, 0.05) is 48.4 Å². The van der Waals surface area contributed by atoms with E-state index in [2.05, 4.69) is 15.2 Å². The fraction of sp³-hybridized carbons (Fsp3) is 0.407. The number of nitro benzene ring substituents is 1. The molecular formula is C27H30ClN5O6S. The van der Waals surface area contributed by atoms with Gasteiger partial charge in [-0.05, 0) is 76.0 Å². The molecule has 11 nitrogen and oxygen atoms in total. The maximum Gasteiger partial charge on any atom is 0.271 e. The lowest BCUT2D eigenvalue weighted by Gasteiger charge is -2.41. The first-order valence-corrected chi connectivity index (χ1v) is 14.9. The van der Waals surface area contributed by atoms with Crippen LogP contribution in [0, 0.1) is 23.0 Å². The second kappa shape index (κ2) is 11.7. The number of nitrogens with zero attached hydrogens (tertiary/aromatic N) is 4. The van der Waals surface area contributed by atoms with Crippen LogP contribution in [0.2, 0.25) is 5.02 Å².